The van der Waals surface area contributed by atoms with Gasteiger partial charge in [-0.2, -0.15) is 0 Å². The Morgan fingerprint density at radius 1 is 1.03 bits per heavy atom. The van der Waals surface area contributed by atoms with Crippen LogP contribution in [-0.4, -0.2) is 31.2 Å². The molecule has 0 amide bonds. The van der Waals surface area contributed by atoms with E-state index in [0.717, 1.165) is 55.7 Å². The first-order valence-corrected chi connectivity index (χ1v) is 12.6. The number of carbonyl (C=O) groups excluding carboxylic acids is 1. The summed E-state index contributed by atoms with van der Waals surface area (Å²) in [5.41, 5.74) is 1.90. The number of esters is 1. The molecule has 0 bridgehead atoms. The van der Waals surface area contributed by atoms with E-state index in [4.69, 9.17) is 21.1 Å². The largest absolute Gasteiger partial charge is 0.457 e. The van der Waals surface area contributed by atoms with E-state index in [2.05, 4.69) is 37.8 Å². The molecular weight excluding hydrogens is 434 g/mol. The summed E-state index contributed by atoms with van der Waals surface area (Å²) in [7, 11) is 2.02. The molecule has 5 heteroatoms. The van der Waals surface area contributed by atoms with Gasteiger partial charge in [0.2, 0.25) is 0 Å². The fraction of sp³-hybridized carbons (Fsp3) is 0.536. The SMILES string of the molecule is CCCC(C)(CCC)C(=O)OCN(C)CC1c2ccccc2Oc2ccc(Cl)cc2C1CC. The number of hydrogen-bond donors (Lipinski definition) is 0. The maximum absolute atomic E-state index is 12.9. The highest BCUT2D eigenvalue weighted by molar-refractivity contribution is 6.30. The molecule has 180 valence electrons. The summed E-state index contributed by atoms with van der Waals surface area (Å²) in [6.45, 7) is 9.50. The Morgan fingerprint density at radius 3 is 2.36 bits per heavy atom. The van der Waals surface area contributed by atoms with Crippen LogP contribution in [0.3, 0.4) is 0 Å². The van der Waals surface area contributed by atoms with Crippen LogP contribution in [0.25, 0.3) is 0 Å². The lowest BCUT2D eigenvalue weighted by atomic mass is 9.79. The van der Waals surface area contributed by atoms with Gasteiger partial charge in [0.25, 0.3) is 0 Å². The second-order valence-corrected chi connectivity index (χ2v) is 10.0. The summed E-state index contributed by atoms with van der Waals surface area (Å²) >= 11 is 6.37. The van der Waals surface area contributed by atoms with Gasteiger partial charge in [0.05, 0.1) is 5.41 Å². The topological polar surface area (TPSA) is 38.8 Å². The van der Waals surface area contributed by atoms with E-state index in [0.29, 0.717) is 5.02 Å². The number of nitrogens with zero attached hydrogens (tertiary/aromatic N) is 1. The van der Waals surface area contributed by atoms with Crippen molar-refractivity contribution in [2.45, 2.75) is 71.6 Å². The predicted molar refractivity (Wildman–Crippen MR) is 135 cm³/mol. The van der Waals surface area contributed by atoms with Crippen molar-refractivity contribution in [2.75, 3.05) is 20.3 Å². The Hall–Kier alpha value is -2.04. The number of carbonyl (C=O) groups is 1. The number of ether oxygens (including phenoxy) is 2. The fourth-order valence-corrected chi connectivity index (χ4v) is 5.41. The molecule has 0 aromatic heterocycles. The highest BCUT2D eigenvalue weighted by Crippen LogP contribution is 2.48. The zero-order chi connectivity index (χ0) is 24.0. The van der Waals surface area contributed by atoms with Crippen molar-refractivity contribution >= 4 is 17.6 Å². The number of fused-ring (bicyclic) bond motifs is 2. The summed E-state index contributed by atoms with van der Waals surface area (Å²) in [6, 6.07) is 14.1. The van der Waals surface area contributed by atoms with Crippen LogP contribution in [-0.2, 0) is 9.53 Å². The highest BCUT2D eigenvalue weighted by atomic mass is 35.5. The highest BCUT2D eigenvalue weighted by Gasteiger charge is 2.35. The first-order valence-electron chi connectivity index (χ1n) is 12.2. The minimum absolute atomic E-state index is 0.0909. The number of likely N-dealkylation sites (N-methyl/N-ethyl adjacent to an activating group) is 1. The van der Waals surface area contributed by atoms with Crippen LogP contribution in [0.5, 0.6) is 11.5 Å². The summed E-state index contributed by atoms with van der Waals surface area (Å²) in [6.07, 6.45) is 4.60. The molecule has 0 aliphatic carbocycles. The number of para-hydroxylation sites is 1. The normalized spacial score (nSPS) is 17.7. The Kier molecular flexibility index (Phi) is 8.83. The first kappa shape index (κ1) is 25.6. The van der Waals surface area contributed by atoms with Crippen molar-refractivity contribution in [3.63, 3.8) is 0 Å². The molecule has 1 aliphatic rings. The van der Waals surface area contributed by atoms with Crippen LogP contribution in [0.2, 0.25) is 5.02 Å². The number of rotatable bonds is 10. The number of hydrogen-bond acceptors (Lipinski definition) is 4. The molecule has 33 heavy (non-hydrogen) atoms. The average molecular weight is 472 g/mol. The molecule has 0 saturated heterocycles. The van der Waals surface area contributed by atoms with Crippen molar-refractivity contribution < 1.29 is 14.3 Å². The lowest BCUT2D eigenvalue weighted by molar-refractivity contribution is -0.160. The molecule has 2 atom stereocenters. The molecule has 2 unspecified atom stereocenters. The Labute approximate surface area is 204 Å². The zero-order valence-electron chi connectivity index (χ0n) is 20.7. The monoisotopic (exact) mass is 471 g/mol. The smallest absolute Gasteiger partial charge is 0.313 e. The van der Waals surface area contributed by atoms with Crippen molar-refractivity contribution in [3.05, 3.63) is 58.6 Å². The van der Waals surface area contributed by atoms with Gasteiger partial charge in [0.1, 0.15) is 18.2 Å². The van der Waals surface area contributed by atoms with Crippen molar-refractivity contribution in [1.82, 2.24) is 4.90 Å². The van der Waals surface area contributed by atoms with Gasteiger partial charge in [-0.25, -0.2) is 0 Å². The minimum atomic E-state index is -0.408. The van der Waals surface area contributed by atoms with Crippen LogP contribution in [0.4, 0.5) is 0 Å². The molecule has 0 spiro atoms. The first-order chi connectivity index (χ1) is 15.8. The molecule has 1 aliphatic heterocycles. The van der Waals surface area contributed by atoms with Gasteiger partial charge in [0, 0.05) is 17.5 Å². The maximum atomic E-state index is 12.9. The molecule has 3 rings (SSSR count). The van der Waals surface area contributed by atoms with E-state index in [9.17, 15) is 4.79 Å². The van der Waals surface area contributed by atoms with Crippen LogP contribution < -0.4 is 4.74 Å². The van der Waals surface area contributed by atoms with Crippen LogP contribution in [0.15, 0.2) is 42.5 Å². The molecule has 4 nitrogen and oxygen atoms in total. The summed E-state index contributed by atoms with van der Waals surface area (Å²) in [5, 5.41) is 0.717. The van der Waals surface area contributed by atoms with Gasteiger partial charge in [-0.05, 0) is 74.5 Å². The standard InChI is InChI=1S/C28H38ClNO3/c1-6-15-28(4,16-7-2)27(31)32-19-30(5)18-24-21(8-3)23-17-20(29)13-14-26(23)33-25-12-10-9-11-22(24)25/h9-14,17,21,24H,6-8,15-16,18-19H2,1-5H3. The van der Waals surface area contributed by atoms with Gasteiger partial charge in [0.15, 0.2) is 0 Å². The zero-order valence-corrected chi connectivity index (χ0v) is 21.5. The second-order valence-electron chi connectivity index (χ2n) is 9.60. The molecule has 1 heterocycles. The van der Waals surface area contributed by atoms with Gasteiger partial charge < -0.3 is 9.47 Å². The Bertz CT molecular complexity index is 938. The van der Waals surface area contributed by atoms with Crippen molar-refractivity contribution in [2.24, 2.45) is 5.41 Å². The molecule has 2 aromatic rings. The van der Waals surface area contributed by atoms with Crippen LogP contribution in [0.1, 0.15) is 82.8 Å². The fourth-order valence-electron chi connectivity index (χ4n) is 5.23. The maximum Gasteiger partial charge on any atom is 0.313 e. The predicted octanol–water partition coefficient (Wildman–Crippen LogP) is 7.76. The van der Waals surface area contributed by atoms with Gasteiger partial charge >= 0.3 is 5.97 Å². The van der Waals surface area contributed by atoms with E-state index in [1.807, 2.05) is 44.3 Å². The van der Waals surface area contributed by atoms with Crippen LogP contribution >= 0.6 is 11.6 Å². The van der Waals surface area contributed by atoms with Gasteiger partial charge in [-0.15, -0.1) is 0 Å². The lowest BCUT2D eigenvalue weighted by Gasteiger charge is -2.31. The average Bonchev–Trinajstić information content (AvgIpc) is 2.91. The molecular formula is C28H38ClNO3. The van der Waals surface area contributed by atoms with E-state index in [-0.39, 0.29) is 24.5 Å². The molecule has 0 fully saturated rings. The molecule has 0 saturated carbocycles. The van der Waals surface area contributed by atoms with E-state index in [1.165, 1.54) is 5.56 Å². The summed E-state index contributed by atoms with van der Waals surface area (Å²) in [4.78, 5) is 15.0. The van der Waals surface area contributed by atoms with Crippen molar-refractivity contribution in [1.29, 1.82) is 0 Å². The van der Waals surface area contributed by atoms with Crippen molar-refractivity contribution in [3.8, 4) is 11.5 Å². The van der Waals surface area contributed by atoms with Gasteiger partial charge in [-0.1, -0.05) is 63.4 Å². The lowest BCUT2D eigenvalue weighted by Crippen LogP contribution is -2.35. The third-order valence-electron chi connectivity index (χ3n) is 6.86. The van der Waals surface area contributed by atoms with E-state index in [1.54, 1.807) is 0 Å². The number of halogens is 1. The van der Waals surface area contributed by atoms with Gasteiger partial charge in [-0.3, -0.25) is 9.69 Å². The Balaban J connectivity index is 1.81. The summed E-state index contributed by atoms with van der Waals surface area (Å²) < 4.78 is 12.2. The van der Waals surface area contributed by atoms with Crippen LogP contribution in [0, 0.1) is 5.41 Å². The van der Waals surface area contributed by atoms with E-state index >= 15 is 0 Å². The molecule has 0 radical (unpaired) electrons. The minimum Gasteiger partial charge on any atom is -0.457 e. The third-order valence-corrected chi connectivity index (χ3v) is 7.09. The third kappa shape index (κ3) is 5.91. The van der Waals surface area contributed by atoms with E-state index < -0.39 is 5.41 Å². The summed E-state index contributed by atoms with van der Waals surface area (Å²) in [5.74, 6) is 2.08. The number of benzene rings is 2. The molecule has 2 aromatic carbocycles. The molecule has 0 N–H and O–H groups in total. The second kappa shape index (κ2) is 11.4. The Morgan fingerprint density at radius 2 is 1.70 bits per heavy atom. The quantitative estimate of drug-likeness (QED) is 0.262.